The molecule has 0 aromatic heterocycles. The van der Waals surface area contributed by atoms with Gasteiger partial charge < -0.3 is 5.32 Å². The van der Waals surface area contributed by atoms with Crippen LogP contribution < -0.4 is 10.0 Å². The van der Waals surface area contributed by atoms with Crippen LogP contribution in [0.1, 0.15) is 5.56 Å². The fraction of sp³-hybridized carbons (Fsp3) is 0.136. The van der Waals surface area contributed by atoms with E-state index in [4.69, 9.17) is 0 Å². The Labute approximate surface area is 188 Å². The van der Waals surface area contributed by atoms with Gasteiger partial charge in [-0.05, 0) is 55.5 Å². The lowest BCUT2D eigenvalue weighted by Gasteiger charge is -2.17. The van der Waals surface area contributed by atoms with Gasteiger partial charge in [0, 0.05) is 18.4 Å². The summed E-state index contributed by atoms with van der Waals surface area (Å²) in [7, 11) is -6.20. The zero-order valence-electron chi connectivity index (χ0n) is 17.5. The number of likely N-dealkylation sites (N-methyl/N-ethyl adjacent to an activating group) is 1. The largest absolute Gasteiger partial charge is 0.325 e. The normalized spacial score (nSPS) is 11.8. The van der Waals surface area contributed by atoms with Gasteiger partial charge in [0.15, 0.2) is 0 Å². The SMILES string of the molecule is Cc1ccc(S(=O)(=O)Nc2ccc(NC(=O)CN(C)S(=O)(=O)c3ccccc3)cc2)cc1. The van der Waals surface area contributed by atoms with Gasteiger partial charge in [0.05, 0.1) is 16.3 Å². The van der Waals surface area contributed by atoms with Crippen molar-refractivity contribution < 1.29 is 21.6 Å². The third-order valence-electron chi connectivity index (χ3n) is 4.57. The Hall–Kier alpha value is -3.21. The van der Waals surface area contributed by atoms with E-state index in [2.05, 4.69) is 10.0 Å². The second kappa shape index (κ2) is 9.51. The van der Waals surface area contributed by atoms with Crippen LogP contribution in [0.15, 0.2) is 88.7 Å². The van der Waals surface area contributed by atoms with E-state index in [-0.39, 0.29) is 16.3 Å². The van der Waals surface area contributed by atoms with Gasteiger partial charge in [-0.15, -0.1) is 0 Å². The minimum atomic E-state index is -3.79. The van der Waals surface area contributed by atoms with Crippen molar-refractivity contribution in [2.75, 3.05) is 23.6 Å². The summed E-state index contributed by atoms with van der Waals surface area (Å²) in [6.45, 7) is 1.49. The molecular formula is C22H23N3O5S2. The first kappa shape index (κ1) is 23.5. The zero-order valence-corrected chi connectivity index (χ0v) is 19.2. The first-order valence-corrected chi connectivity index (χ1v) is 12.5. The Morgan fingerprint density at radius 1 is 0.781 bits per heavy atom. The molecular weight excluding hydrogens is 450 g/mol. The summed E-state index contributed by atoms with van der Waals surface area (Å²) in [4.78, 5) is 12.5. The lowest BCUT2D eigenvalue weighted by Crippen LogP contribution is -2.34. The summed E-state index contributed by atoms with van der Waals surface area (Å²) >= 11 is 0. The molecule has 0 radical (unpaired) electrons. The van der Waals surface area contributed by atoms with Crippen LogP contribution >= 0.6 is 0 Å². The van der Waals surface area contributed by atoms with E-state index in [1.165, 1.54) is 55.6 Å². The minimum absolute atomic E-state index is 0.0977. The second-order valence-corrected chi connectivity index (χ2v) is 10.8. The van der Waals surface area contributed by atoms with Crippen molar-refractivity contribution in [2.24, 2.45) is 0 Å². The molecule has 0 aliphatic heterocycles. The lowest BCUT2D eigenvalue weighted by molar-refractivity contribution is -0.116. The van der Waals surface area contributed by atoms with Crippen LogP contribution in [0.25, 0.3) is 0 Å². The Bertz CT molecular complexity index is 1290. The second-order valence-electron chi connectivity index (χ2n) is 7.12. The van der Waals surface area contributed by atoms with Gasteiger partial charge in [-0.2, -0.15) is 4.31 Å². The van der Waals surface area contributed by atoms with E-state index >= 15 is 0 Å². The predicted octanol–water partition coefficient (Wildman–Crippen LogP) is 3.06. The number of rotatable bonds is 8. The quantitative estimate of drug-likeness (QED) is 0.522. The number of carbonyl (C=O) groups excluding carboxylic acids is 1. The maximum absolute atomic E-state index is 12.5. The third kappa shape index (κ3) is 5.72. The maximum atomic E-state index is 12.5. The first-order chi connectivity index (χ1) is 15.1. The van der Waals surface area contributed by atoms with Crippen molar-refractivity contribution in [3.63, 3.8) is 0 Å². The molecule has 2 N–H and O–H groups in total. The monoisotopic (exact) mass is 473 g/mol. The molecule has 0 bridgehead atoms. The number of benzene rings is 3. The zero-order chi connectivity index (χ0) is 23.4. The number of nitrogens with one attached hydrogen (secondary N) is 2. The Kier molecular flexibility index (Phi) is 6.97. The maximum Gasteiger partial charge on any atom is 0.261 e. The van der Waals surface area contributed by atoms with E-state index in [1.54, 1.807) is 30.3 Å². The highest BCUT2D eigenvalue weighted by Crippen LogP contribution is 2.19. The van der Waals surface area contributed by atoms with Crippen LogP contribution in [-0.4, -0.2) is 40.6 Å². The molecule has 0 saturated heterocycles. The van der Waals surface area contributed by atoms with Crippen LogP contribution in [-0.2, 0) is 24.8 Å². The van der Waals surface area contributed by atoms with Gasteiger partial charge in [0.2, 0.25) is 15.9 Å². The molecule has 0 unspecified atom stereocenters. The minimum Gasteiger partial charge on any atom is -0.325 e. The summed E-state index contributed by atoms with van der Waals surface area (Å²) in [6, 6.07) is 20.4. The number of hydrogen-bond acceptors (Lipinski definition) is 5. The van der Waals surface area contributed by atoms with Crippen LogP contribution in [0.2, 0.25) is 0 Å². The van der Waals surface area contributed by atoms with E-state index < -0.39 is 26.0 Å². The number of carbonyl (C=O) groups is 1. The highest BCUT2D eigenvalue weighted by atomic mass is 32.2. The Morgan fingerprint density at radius 3 is 1.94 bits per heavy atom. The standard InChI is InChI=1S/C22H23N3O5S2/c1-17-8-14-20(15-9-17)31(27,28)24-19-12-10-18(11-13-19)23-22(26)16-25(2)32(29,30)21-6-4-3-5-7-21/h3-15,24H,16H2,1-2H3,(H,23,26). The Balaban J connectivity index is 1.61. The number of hydrogen-bond donors (Lipinski definition) is 2. The van der Waals surface area contributed by atoms with Crippen LogP contribution in [0.5, 0.6) is 0 Å². The molecule has 168 valence electrons. The molecule has 3 aromatic carbocycles. The van der Waals surface area contributed by atoms with E-state index in [0.29, 0.717) is 11.4 Å². The summed E-state index contributed by atoms with van der Waals surface area (Å²) < 4.78 is 53.4. The van der Waals surface area contributed by atoms with Crippen molar-refractivity contribution in [3.8, 4) is 0 Å². The molecule has 8 nitrogen and oxygen atoms in total. The van der Waals surface area contributed by atoms with Crippen molar-refractivity contribution in [1.82, 2.24) is 4.31 Å². The van der Waals surface area contributed by atoms with Gasteiger partial charge in [-0.1, -0.05) is 35.9 Å². The molecule has 10 heteroatoms. The van der Waals surface area contributed by atoms with Crippen molar-refractivity contribution >= 4 is 37.3 Å². The first-order valence-electron chi connectivity index (χ1n) is 9.59. The number of amides is 1. The Morgan fingerprint density at radius 2 is 1.34 bits per heavy atom. The topological polar surface area (TPSA) is 113 Å². The van der Waals surface area contributed by atoms with E-state index in [9.17, 15) is 21.6 Å². The fourth-order valence-electron chi connectivity index (χ4n) is 2.81. The average Bonchev–Trinajstić information content (AvgIpc) is 2.75. The van der Waals surface area contributed by atoms with Crippen LogP contribution in [0, 0.1) is 6.92 Å². The van der Waals surface area contributed by atoms with Gasteiger partial charge in [-0.3, -0.25) is 9.52 Å². The summed E-state index contributed by atoms with van der Waals surface area (Å²) in [5, 5.41) is 2.60. The summed E-state index contributed by atoms with van der Waals surface area (Å²) in [5.74, 6) is -0.528. The fourth-order valence-corrected chi connectivity index (χ4v) is 5.02. The number of nitrogens with zero attached hydrogens (tertiary/aromatic N) is 1. The van der Waals surface area contributed by atoms with Gasteiger partial charge in [-0.25, -0.2) is 16.8 Å². The van der Waals surface area contributed by atoms with Crippen LogP contribution in [0.3, 0.4) is 0 Å². The van der Waals surface area contributed by atoms with Crippen LogP contribution in [0.4, 0.5) is 11.4 Å². The van der Waals surface area contributed by atoms with E-state index in [1.807, 2.05) is 6.92 Å². The van der Waals surface area contributed by atoms with E-state index in [0.717, 1.165) is 9.87 Å². The number of aryl methyl sites for hydroxylation is 1. The van der Waals surface area contributed by atoms with Gasteiger partial charge in [0.25, 0.3) is 10.0 Å². The highest BCUT2D eigenvalue weighted by Gasteiger charge is 2.22. The molecule has 0 saturated carbocycles. The molecule has 0 fully saturated rings. The molecule has 0 spiro atoms. The molecule has 0 heterocycles. The molecule has 0 aliphatic carbocycles. The smallest absolute Gasteiger partial charge is 0.261 e. The third-order valence-corrected chi connectivity index (χ3v) is 7.78. The molecule has 3 rings (SSSR count). The highest BCUT2D eigenvalue weighted by molar-refractivity contribution is 7.92. The molecule has 3 aromatic rings. The number of anilines is 2. The van der Waals surface area contributed by atoms with Gasteiger partial charge in [0.1, 0.15) is 0 Å². The lowest BCUT2D eigenvalue weighted by atomic mass is 10.2. The van der Waals surface area contributed by atoms with Crippen molar-refractivity contribution in [1.29, 1.82) is 0 Å². The summed E-state index contributed by atoms with van der Waals surface area (Å²) in [5.41, 5.74) is 1.68. The molecule has 0 atom stereocenters. The summed E-state index contributed by atoms with van der Waals surface area (Å²) in [6.07, 6.45) is 0. The molecule has 1 amide bonds. The molecule has 0 aliphatic rings. The van der Waals surface area contributed by atoms with Gasteiger partial charge >= 0.3 is 0 Å². The number of sulfonamides is 2. The van der Waals surface area contributed by atoms with Crippen molar-refractivity contribution in [3.05, 3.63) is 84.4 Å². The average molecular weight is 474 g/mol. The van der Waals surface area contributed by atoms with Crippen molar-refractivity contribution in [2.45, 2.75) is 16.7 Å². The molecule has 32 heavy (non-hydrogen) atoms. The predicted molar refractivity (Wildman–Crippen MR) is 123 cm³/mol.